The van der Waals surface area contributed by atoms with Crippen LogP contribution in [0.25, 0.3) is 10.9 Å². The van der Waals surface area contributed by atoms with E-state index in [1.165, 1.54) is 6.20 Å². The summed E-state index contributed by atoms with van der Waals surface area (Å²) in [4.78, 5) is 6.00. The van der Waals surface area contributed by atoms with E-state index < -0.39 is 11.9 Å². The average Bonchev–Trinajstić information content (AvgIpc) is 2.47. The fourth-order valence-electron chi connectivity index (χ4n) is 1.10. The van der Waals surface area contributed by atoms with E-state index >= 15 is 0 Å². The second-order valence-corrected chi connectivity index (χ2v) is 2.63. The minimum Gasteiger partial charge on any atom is -0.361 e. The summed E-state index contributed by atoms with van der Waals surface area (Å²) in [6, 6.07) is 2.66. The van der Waals surface area contributed by atoms with Crippen molar-refractivity contribution >= 4 is 10.9 Å². The van der Waals surface area contributed by atoms with Gasteiger partial charge in [0.05, 0.1) is 0 Å². The summed E-state index contributed by atoms with van der Waals surface area (Å²) >= 11 is 0. The molecule has 0 aliphatic heterocycles. The van der Waals surface area contributed by atoms with Crippen LogP contribution in [-0.2, 0) is 6.18 Å². The number of alkyl halides is 3. The quantitative estimate of drug-likeness (QED) is 0.673. The number of hydrogen-bond acceptors (Lipinski definition) is 1. The van der Waals surface area contributed by atoms with Crippen LogP contribution in [0.4, 0.5) is 13.2 Å². The molecule has 2 nitrogen and oxygen atoms in total. The predicted octanol–water partition coefficient (Wildman–Crippen LogP) is 2.58. The van der Waals surface area contributed by atoms with Gasteiger partial charge < -0.3 is 4.98 Å². The molecule has 0 unspecified atom stereocenters. The Labute approximate surface area is 71.4 Å². The van der Waals surface area contributed by atoms with Crippen molar-refractivity contribution in [3.8, 4) is 0 Å². The second-order valence-electron chi connectivity index (χ2n) is 2.63. The van der Waals surface area contributed by atoms with E-state index in [1.807, 2.05) is 0 Å². The molecule has 68 valence electrons. The van der Waals surface area contributed by atoms with Crippen LogP contribution < -0.4 is 0 Å². The number of halogens is 3. The van der Waals surface area contributed by atoms with Crippen LogP contribution in [0, 0.1) is 0 Å². The van der Waals surface area contributed by atoms with Crippen molar-refractivity contribution in [1.29, 1.82) is 0 Å². The Kier molecular flexibility index (Phi) is 1.55. The van der Waals surface area contributed by atoms with Crippen molar-refractivity contribution in [2.75, 3.05) is 0 Å². The van der Waals surface area contributed by atoms with Crippen LogP contribution in [0.15, 0.2) is 24.5 Å². The van der Waals surface area contributed by atoms with E-state index in [0.717, 1.165) is 6.07 Å². The number of aromatic nitrogens is 2. The van der Waals surface area contributed by atoms with Gasteiger partial charge in [0.1, 0.15) is 5.69 Å². The van der Waals surface area contributed by atoms with Gasteiger partial charge in [-0.1, -0.05) is 0 Å². The van der Waals surface area contributed by atoms with Gasteiger partial charge >= 0.3 is 6.18 Å². The van der Waals surface area contributed by atoms with Gasteiger partial charge in [0, 0.05) is 23.3 Å². The van der Waals surface area contributed by atoms with Gasteiger partial charge in [-0.2, -0.15) is 13.2 Å². The third-order valence-electron chi connectivity index (χ3n) is 1.73. The molecule has 0 saturated heterocycles. The first-order valence-electron chi connectivity index (χ1n) is 3.58. The maximum absolute atomic E-state index is 12.1. The van der Waals surface area contributed by atoms with Gasteiger partial charge in [-0.15, -0.1) is 0 Å². The van der Waals surface area contributed by atoms with Crippen molar-refractivity contribution in [3.63, 3.8) is 0 Å². The third-order valence-corrected chi connectivity index (χ3v) is 1.73. The van der Waals surface area contributed by atoms with Crippen LogP contribution in [0.5, 0.6) is 0 Å². The molecule has 1 N–H and O–H groups in total. The molecule has 0 bridgehead atoms. The molecule has 0 aliphatic rings. The number of H-pyrrole nitrogens is 1. The Morgan fingerprint density at radius 2 is 2.08 bits per heavy atom. The van der Waals surface area contributed by atoms with Crippen molar-refractivity contribution in [2.45, 2.75) is 6.18 Å². The van der Waals surface area contributed by atoms with Crippen molar-refractivity contribution in [3.05, 3.63) is 30.2 Å². The molecule has 0 fully saturated rings. The summed E-state index contributed by atoms with van der Waals surface area (Å²) in [6.45, 7) is 0. The van der Waals surface area contributed by atoms with Crippen LogP contribution in [0.2, 0.25) is 0 Å². The first-order valence-corrected chi connectivity index (χ1v) is 3.58. The Balaban J connectivity index is 2.61. The van der Waals surface area contributed by atoms with Crippen molar-refractivity contribution < 1.29 is 13.2 Å². The lowest BCUT2D eigenvalue weighted by Gasteiger charge is -2.04. The van der Waals surface area contributed by atoms with Crippen LogP contribution in [0.3, 0.4) is 0 Å². The zero-order valence-corrected chi connectivity index (χ0v) is 6.39. The average molecular weight is 186 g/mol. The van der Waals surface area contributed by atoms with Gasteiger partial charge in [-0.25, -0.2) is 0 Å². The molecule has 0 radical (unpaired) electrons. The van der Waals surface area contributed by atoms with E-state index in [1.54, 1.807) is 12.3 Å². The van der Waals surface area contributed by atoms with E-state index in [2.05, 4.69) is 9.97 Å². The summed E-state index contributed by atoms with van der Waals surface area (Å²) in [5.41, 5.74) is -0.426. The fourth-order valence-corrected chi connectivity index (χ4v) is 1.10. The molecule has 0 aliphatic carbocycles. The summed E-state index contributed by atoms with van der Waals surface area (Å²) < 4.78 is 36.4. The van der Waals surface area contributed by atoms with Crippen molar-refractivity contribution in [2.24, 2.45) is 0 Å². The summed E-state index contributed by atoms with van der Waals surface area (Å²) in [7, 11) is 0. The highest BCUT2D eigenvalue weighted by molar-refractivity contribution is 5.78. The molecular formula is C8H5F3N2. The minimum atomic E-state index is -4.38. The Hall–Kier alpha value is -1.52. The first-order chi connectivity index (χ1) is 6.07. The number of pyridine rings is 1. The van der Waals surface area contributed by atoms with Gasteiger partial charge in [0.15, 0.2) is 0 Å². The molecule has 0 aromatic carbocycles. The summed E-state index contributed by atoms with van der Waals surface area (Å²) in [5, 5.41) is 0.674. The standard InChI is InChI=1S/C8H5F3N2/c9-8(10,11)7-3-6-5(4-13-7)1-2-12-6/h1-4,12H. The highest BCUT2D eigenvalue weighted by Crippen LogP contribution is 2.28. The van der Waals surface area contributed by atoms with Crippen LogP contribution in [-0.4, -0.2) is 9.97 Å². The van der Waals surface area contributed by atoms with Gasteiger partial charge in [-0.3, -0.25) is 4.98 Å². The number of nitrogens with zero attached hydrogens (tertiary/aromatic N) is 1. The molecule has 0 saturated carbocycles. The van der Waals surface area contributed by atoms with Gasteiger partial charge in [0.2, 0.25) is 0 Å². The lowest BCUT2D eigenvalue weighted by atomic mass is 10.3. The van der Waals surface area contributed by atoms with Gasteiger partial charge in [-0.05, 0) is 12.1 Å². The maximum Gasteiger partial charge on any atom is 0.433 e. The largest absolute Gasteiger partial charge is 0.433 e. The number of hydrogen-bond donors (Lipinski definition) is 1. The fraction of sp³-hybridized carbons (Fsp3) is 0.125. The molecule has 13 heavy (non-hydrogen) atoms. The highest BCUT2D eigenvalue weighted by atomic mass is 19.4. The summed E-state index contributed by atoms with van der Waals surface area (Å²) in [5.74, 6) is 0. The lowest BCUT2D eigenvalue weighted by molar-refractivity contribution is -0.141. The molecule has 2 heterocycles. The van der Waals surface area contributed by atoms with Crippen LogP contribution in [0.1, 0.15) is 5.69 Å². The Bertz CT molecular complexity index is 430. The normalized spacial score (nSPS) is 12.2. The molecule has 2 aromatic heterocycles. The zero-order chi connectivity index (χ0) is 9.47. The van der Waals surface area contributed by atoms with E-state index in [4.69, 9.17) is 0 Å². The third kappa shape index (κ3) is 1.37. The molecule has 0 amide bonds. The monoisotopic (exact) mass is 186 g/mol. The zero-order valence-electron chi connectivity index (χ0n) is 6.39. The van der Waals surface area contributed by atoms with E-state index in [0.29, 0.717) is 10.9 Å². The Morgan fingerprint density at radius 3 is 2.77 bits per heavy atom. The van der Waals surface area contributed by atoms with Gasteiger partial charge in [0.25, 0.3) is 0 Å². The lowest BCUT2D eigenvalue weighted by Crippen LogP contribution is -2.07. The number of nitrogens with one attached hydrogen (secondary N) is 1. The molecule has 2 aromatic rings. The topological polar surface area (TPSA) is 28.7 Å². The molecule has 5 heteroatoms. The molecule has 0 atom stereocenters. The minimum absolute atomic E-state index is 0.447. The molecule has 2 rings (SSSR count). The van der Waals surface area contributed by atoms with Crippen LogP contribution >= 0.6 is 0 Å². The Morgan fingerprint density at radius 1 is 1.31 bits per heavy atom. The number of aromatic amines is 1. The van der Waals surface area contributed by atoms with Crippen molar-refractivity contribution in [1.82, 2.24) is 9.97 Å². The predicted molar refractivity (Wildman–Crippen MR) is 41.1 cm³/mol. The first kappa shape index (κ1) is 8.10. The number of fused-ring (bicyclic) bond motifs is 1. The van der Waals surface area contributed by atoms with E-state index in [9.17, 15) is 13.2 Å². The molecule has 0 spiro atoms. The highest BCUT2D eigenvalue weighted by Gasteiger charge is 2.32. The maximum atomic E-state index is 12.1. The van der Waals surface area contributed by atoms with E-state index in [-0.39, 0.29) is 0 Å². The smallest absolute Gasteiger partial charge is 0.361 e. The molecular weight excluding hydrogens is 181 g/mol. The number of rotatable bonds is 0. The SMILES string of the molecule is FC(F)(F)c1cc2[nH]ccc2cn1. The summed E-state index contributed by atoms with van der Waals surface area (Å²) in [6.07, 6.45) is -1.60. The second kappa shape index (κ2) is 2.48.